The summed E-state index contributed by atoms with van der Waals surface area (Å²) in [5, 5.41) is 7.79. The standard InChI is InChI=1S/C12H24N4O2S/c1-9(12-10(2)15-16(4)11(12)3)13-7-6-8-14-19(5,17)18/h9,13-14H,6-8H2,1-5H3. The van der Waals surface area contributed by atoms with Crippen LogP contribution in [0.5, 0.6) is 0 Å². The van der Waals surface area contributed by atoms with E-state index >= 15 is 0 Å². The molecular formula is C12H24N4O2S. The summed E-state index contributed by atoms with van der Waals surface area (Å²) in [7, 11) is -1.14. The predicted molar refractivity (Wildman–Crippen MR) is 76.6 cm³/mol. The van der Waals surface area contributed by atoms with Crippen LogP contribution in [0.15, 0.2) is 0 Å². The number of nitrogens with zero attached hydrogens (tertiary/aromatic N) is 2. The molecule has 1 heterocycles. The zero-order valence-electron chi connectivity index (χ0n) is 12.3. The molecule has 0 saturated heterocycles. The number of sulfonamides is 1. The van der Waals surface area contributed by atoms with Crippen LogP contribution in [0, 0.1) is 13.8 Å². The Morgan fingerprint density at radius 3 is 2.42 bits per heavy atom. The maximum atomic E-state index is 10.9. The molecule has 0 aliphatic heterocycles. The normalized spacial score (nSPS) is 13.7. The Morgan fingerprint density at radius 1 is 1.32 bits per heavy atom. The lowest BCUT2D eigenvalue weighted by Gasteiger charge is -2.14. The van der Waals surface area contributed by atoms with Gasteiger partial charge in [0.2, 0.25) is 10.0 Å². The lowest BCUT2D eigenvalue weighted by atomic mass is 10.1. The zero-order chi connectivity index (χ0) is 14.6. The van der Waals surface area contributed by atoms with Gasteiger partial charge in [-0.05, 0) is 33.7 Å². The summed E-state index contributed by atoms with van der Waals surface area (Å²) < 4.78 is 26.2. The van der Waals surface area contributed by atoms with Crippen LogP contribution in [0.1, 0.15) is 36.3 Å². The highest BCUT2D eigenvalue weighted by Crippen LogP contribution is 2.20. The van der Waals surface area contributed by atoms with E-state index in [0.29, 0.717) is 6.54 Å². The lowest BCUT2D eigenvalue weighted by Crippen LogP contribution is -2.27. The fourth-order valence-electron chi connectivity index (χ4n) is 2.18. The molecule has 0 saturated carbocycles. The maximum absolute atomic E-state index is 10.9. The summed E-state index contributed by atoms with van der Waals surface area (Å²) in [6, 6.07) is 0.215. The van der Waals surface area contributed by atoms with Crippen molar-refractivity contribution in [2.45, 2.75) is 33.2 Å². The van der Waals surface area contributed by atoms with Crippen molar-refractivity contribution in [3.8, 4) is 0 Å². The van der Waals surface area contributed by atoms with Crippen molar-refractivity contribution >= 4 is 10.0 Å². The smallest absolute Gasteiger partial charge is 0.208 e. The quantitative estimate of drug-likeness (QED) is 0.722. The minimum absolute atomic E-state index is 0.215. The van der Waals surface area contributed by atoms with Crippen LogP contribution < -0.4 is 10.0 Å². The first-order valence-electron chi connectivity index (χ1n) is 6.40. The highest BCUT2D eigenvalue weighted by Gasteiger charge is 2.15. The molecule has 0 fully saturated rings. The highest BCUT2D eigenvalue weighted by atomic mass is 32.2. The van der Waals surface area contributed by atoms with Gasteiger partial charge in [-0.15, -0.1) is 0 Å². The summed E-state index contributed by atoms with van der Waals surface area (Å²) >= 11 is 0. The molecule has 0 bridgehead atoms. The fourth-order valence-corrected chi connectivity index (χ4v) is 2.70. The number of aromatic nitrogens is 2. The Kier molecular flexibility index (Phi) is 5.51. The van der Waals surface area contributed by atoms with Crippen molar-refractivity contribution in [3.63, 3.8) is 0 Å². The minimum Gasteiger partial charge on any atom is -0.310 e. The lowest BCUT2D eigenvalue weighted by molar-refractivity contribution is 0.545. The first kappa shape index (κ1) is 16.1. The SMILES string of the molecule is Cc1nn(C)c(C)c1C(C)NCCCNS(C)(=O)=O. The van der Waals surface area contributed by atoms with Gasteiger partial charge in [-0.2, -0.15) is 5.10 Å². The molecule has 0 aliphatic rings. The third-order valence-corrected chi connectivity index (χ3v) is 3.89. The van der Waals surface area contributed by atoms with Gasteiger partial charge < -0.3 is 5.32 Å². The molecule has 1 rings (SSSR count). The fraction of sp³-hybridized carbons (Fsp3) is 0.750. The van der Waals surface area contributed by atoms with Gasteiger partial charge in [-0.3, -0.25) is 4.68 Å². The predicted octanol–water partition coefficient (Wildman–Crippen LogP) is 0.627. The van der Waals surface area contributed by atoms with Crippen LogP contribution in [-0.2, 0) is 17.1 Å². The summed E-state index contributed by atoms with van der Waals surface area (Å²) in [6.07, 6.45) is 1.93. The molecular weight excluding hydrogens is 264 g/mol. The van der Waals surface area contributed by atoms with Crippen molar-refractivity contribution < 1.29 is 8.42 Å². The maximum Gasteiger partial charge on any atom is 0.208 e. The van der Waals surface area contributed by atoms with Gasteiger partial charge in [0.25, 0.3) is 0 Å². The molecule has 19 heavy (non-hydrogen) atoms. The van der Waals surface area contributed by atoms with Gasteiger partial charge >= 0.3 is 0 Å². The molecule has 7 heteroatoms. The summed E-state index contributed by atoms with van der Waals surface area (Å²) in [6.45, 7) is 7.38. The second-order valence-electron chi connectivity index (χ2n) is 4.90. The summed E-state index contributed by atoms with van der Waals surface area (Å²) in [5.74, 6) is 0. The van der Waals surface area contributed by atoms with Crippen LogP contribution in [0.3, 0.4) is 0 Å². The van der Waals surface area contributed by atoms with Gasteiger partial charge in [0, 0.05) is 30.9 Å². The molecule has 1 aromatic heterocycles. The molecule has 0 radical (unpaired) electrons. The number of aryl methyl sites for hydroxylation is 2. The van der Waals surface area contributed by atoms with E-state index in [-0.39, 0.29) is 6.04 Å². The molecule has 6 nitrogen and oxygen atoms in total. The summed E-state index contributed by atoms with van der Waals surface area (Å²) in [5.41, 5.74) is 3.42. The molecule has 0 spiro atoms. The third kappa shape index (κ3) is 4.93. The number of rotatable bonds is 7. The average Bonchev–Trinajstić information content (AvgIpc) is 2.51. The minimum atomic E-state index is -3.08. The van der Waals surface area contributed by atoms with Crippen LogP contribution in [-0.4, -0.2) is 37.5 Å². The molecule has 2 N–H and O–H groups in total. The Labute approximate surface area is 115 Å². The van der Waals surface area contributed by atoms with E-state index in [4.69, 9.17) is 0 Å². The Hall–Kier alpha value is -0.920. The Balaban J connectivity index is 2.42. The second-order valence-corrected chi connectivity index (χ2v) is 6.74. The van der Waals surface area contributed by atoms with E-state index < -0.39 is 10.0 Å². The van der Waals surface area contributed by atoms with Crippen LogP contribution in [0.2, 0.25) is 0 Å². The van der Waals surface area contributed by atoms with E-state index in [0.717, 1.165) is 24.4 Å². The van der Waals surface area contributed by atoms with Crippen molar-refractivity contribution in [2.75, 3.05) is 19.3 Å². The van der Waals surface area contributed by atoms with E-state index in [1.165, 1.54) is 11.8 Å². The largest absolute Gasteiger partial charge is 0.310 e. The Morgan fingerprint density at radius 2 is 1.95 bits per heavy atom. The molecule has 1 unspecified atom stereocenters. The van der Waals surface area contributed by atoms with E-state index in [2.05, 4.69) is 29.0 Å². The van der Waals surface area contributed by atoms with Gasteiger partial charge in [0.15, 0.2) is 0 Å². The van der Waals surface area contributed by atoms with E-state index in [9.17, 15) is 8.42 Å². The topological polar surface area (TPSA) is 76.0 Å². The molecule has 0 aliphatic carbocycles. The zero-order valence-corrected chi connectivity index (χ0v) is 13.1. The first-order chi connectivity index (χ1) is 8.72. The number of nitrogens with one attached hydrogen (secondary N) is 2. The van der Waals surface area contributed by atoms with E-state index in [1.807, 2.05) is 18.7 Å². The van der Waals surface area contributed by atoms with Gasteiger partial charge in [-0.1, -0.05) is 0 Å². The average molecular weight is 288 g/mol. The van der Waals surface area contributed by atoms with Gasteiger partial charge in [0.05, 0.1) is 11.9 Å². The molecule has 1 atom stereocenters. The molecule has 0 amide bonds. The van der Waals surface area contributed by atoms with Crippen molar-refractivity contribution in [3.05, 3.63) is 17.0 Å². The second kappa shape index (κ2) is 6.49. The molecule has 0 aromatic carbocycles. The van der Waals surface area contributed by atoms with Crippen LogP contribution >= 0.6 is 0 Å². The van der Waals surface area contributed by atoms with E-state index in [1.54, 1.807) is 0 Å². The molecule has 1 aromatic rings. The van der Waals surface area contributed by atoms with Crippen molar-refractivity contribution in [2.24, 2.45) is 7.05 Å². The third-order valence-electron chi connectivity index (χ3n) is 3.17. The summed E-state index contributed by atoms with van der Waals surface area (Å²) in [4.78, 5) is 0. The van der Waals surface area contributed by atoms with Gasteiger partial charge in [0.1, 0.15) is 0 Å². The van der Waals surface area contributed by atoms with Gasteiger partial charge in [-0.25, -0.2) is 13.1 Å². The monoisotopic (exact) mass is 288 g/mol. The number of hydrogen-bond donors (Lipinski definition) is 2. The first-order valence-corrected chi connectivity index (χ1v) is 8.29. The molecule has 110 valence electrons. The van der Waals surface area contributed by atoms with Crippen LogP contribution in [0.4, 0.5) is 0 Å². The van der Waals surface area contributed by atoms with Crippen molar-refractivity contribution in [1.29, 1.82) is 0 Å². The Bertz CT molecular complexity index is 522. The number of hydrogen-bond acceptors (Lipinski definition) is 4. The highest BCUT2D eigenvalue weighted by molar-refractivity contribution is 7.88. The van der Waals surface area contributed by atoms with Crippen LogP contribution in [0.25, 0.3) is 0 Å². The van der Waals surface area contributed by atoms with Crippen molar-refractivity contribution in [1.82, 2.24) is 19.8 Å².